The Morgan fingerprint density at radius 1 is 0.389 bits per heavy atom. The Bertz CT molecular complexity index is 1050. The minimum absolute atomic E-state index is 0.0964. The molecule has 0 aromatic rings. The van der Waals surface area contributed by atoms with E-state index in [1.54, 1.807) is 0 Å². The van der Waals surface area contributed by atoms with E-state index in [9.17, 15) is 14.4 Å². The van der Waals surface area contributed by atoms with Gasteiger partial charge in [-0.3, -0.25) is 14.4 Å². The topological polar surface area (TPSA) is 78.9 Å². The van der Waals surface area contributed by atoms with E-state index in [2.05, 4.69) is 93.7 Å². The number of unbranched alkanes of at least 4 members (excludes halogenated alkanes) is 15. The van der Waals surface area contributed by atoms with Gasteiger partial charge in [0.2, 0.25) is 0 Å². The molecule has 0 aromatic heterocycles. The zero-order chi connectivity index (χ0) is 39.4. The number of allylic oxidation sites excluding steroid dienone is 12. The van der Waals surface area contributed by atoms with Crippen LogP contribution in [0.25, 0.3) is 0 Å². The molecular formula is C48H80O6. The molecule has 6 nitrogen and oxygen atoms in total. The third-order valence-electron chi connectivity index (χ3n) is 8.93. The second-order valence-corrected chi connectivity index (χ2v) is 14.2. The van der Waals surface area contributed by atoms with Crippen molar-refractivity contribution in [1.82, 2.24) is 0 Å². The smallest absolute Gasteiger partial charge is 0.306 e. The van der Waals surface area contributed by atoms with E-state index in [0.717, 1.165) is 96.3 Å². The number of esters is 3. The second kappa shape index (κ2) is 42.6. The van der Waals surface area contributed by atoms with Crippen molar-refractivity contribution in [2.75, 3.05) is 13.2 Å². The van der Waals surface area contributed by atoms with Crippen LogP contribution in [-0.4, -0.2) is 37.2 Å². The molecule has 6 heteroatoms. The van der Waals surface area contributed by atoms with Crippen LogP contribution in [0.1, 0.15) is 194 Å². The summed E-state index contributed by atoms with van der Waals surface area (Å²) in [5.74, 6) is -0.979. The molecule has 0 radical (unpaired) electrons. The average molecular weight is 753 g/mol. The fourth-order valence-electron chi connectivity index (χ4n) is 5.65. The molecule has 0 spiro atoms. The summed E-state index contributed by atoms with van der Waals surface area (Å²) in [5, 5.41) is 0. The Kier molecular flexibility index (Phi) is 40.1. The van der Waals surface area contributed by atoms with Crippen molar-refractivity contribution < 1.29 is 28.6 Å². The van der Waals surface area contributed by atoms with E-state index < -0.39 is 6.10 Å². The van der Waals surface area contributed by atoms with Gasteiger partial charge in [0, 0.05) is 19.3 Å². The van der Waals surface area contributed by atoms with Crippen molar-refractivity contribution in [2.45, 2.75) is 200 Å². The first-order valence-corrected chi connectivity index (χ1v) is 21.9. The molecule has 0 rings (SSSR count). The zero-order valence-corrected chi connectivity index (χ0v) is 35.0. The minimum Gasteiger partial charge on any atom is -0.462 e. The SMILES string of the molecule is CC/C=C\C/C=C\C/C=C\C/C=C\C/C=C\CCCC(=O)OCC(COC(=O)CCCCCCCCCCC)OC(=O)CCCCCCC/C=C\CCC. The molecule has 0 bridgehead atoms. The number of rotatable bonds is 38. The maximum atomic E-state index is 12.6. The monoisotopic (exact) mass is 753 g/mol. The first kappa shape index (κ1) is 50.9. The normalized spacial score (nSPS) is 12.7. The van der Waals surface area contributed by atoms with Crippen LogP contribution in [0.4, 0.5) is 0 Å². The summed E-state index contributed by atoms with van der Waals surface area (Å²) in [6, 6.07) is 0. The lowest BCUT2D eigenvalue weighted by molar-refractivity contribution is -0.167. The summed E-state index contributed by atoms with van der Waals surface area (Å²) >= 11 is 0. The number of ether oxygens (including phenoxy) is 3. The highest BCUT2D eigenvalue weighted by atomic mass is 16.6. The van der Waals surface area contributed by atoms with Gasteiger partial charge in [0.1, 0.15) is 13.2 Å². The van der Waals surface area contributed by atoms with Crippen molar-refractivity contribution in [3.8, 4) is 0 Å². The second-order valence-electron chi connectivity index (χ2n) is 14.2. The fourth-order valence-corrected chi connectivity index (χ4v) is 5.65. The predicted octanol–water partition coefficient (Wildman–Crippen LogP) is 13.9. The number of hydrogen-bond donors (Lipinski definition) is 0. The molecule has 0 N–H and O–H groups in total. The summed E-state index contributed by atoms with van der Waals surface area (Å²) in [6.07, 6.45) is 51.8. The summed E-state index contributed by atoms with van der Waals surface area (Å²) in [7, 11) is 0. The van der Waals surface area contributed by atoms with Gasteiger partial charge in [-0.1, -0.05) is 171 Å². The van der Waals surface area contributed by atoms with Crippen molar-refractivity contribution in [2.24, 2.45) is 0 Å². The average Bonchev–Trinajstić information content (AvgIpc) is 3.17. The van der Waals surface area contributed by atoms with Crippen molar-refractivity contribution in [1.29, 1.82) is 0 Å². The largest absolute Gasteiger partial charge is 0.462 e. The van der Waals surface area contributed by atoms with Gasteiger partial charge in [0.05, 0.1) is 0 Å². The molecule has 0 saturated carbocycles. The van der Waals surface area contributed by atoms with Crippen LogP contribution in [0.5, 0.6) is 0 Å². The van der Waals surface area contributed by atoms with Crippen molar-refractivity contribution in [3.05, 3.63) is 72.9 Å². The van der Waals surface area contributed by atoms with E-state index >= 15 is 0 Å². The molecule has 0 amide bonds. The lowest BCUT2D eigenvalue weighted by atomic mass is 10.1. The third kappa shape index (κ3) is 40.0. The van der Waals surface area contributed by atoms with Gasteiger partial charge in [-0.15, -0.1) is 0 Å². The van der Waals surface area contributed by atoms with Crippen LogP contribution in [0.2, 0.25) is 0 Å². The molecule has 1 atom stereocenters. The summed E-state index contributed by atoms with van der Waals surface area (Å²) < 4.78 is 16.6. The molecule has 1 unspecified atom stereocenters. The van der Waals surface area contributed by atoms with Crippen LogP contribution in [0, 0.1) is 0 Å². The zero-order valence-electron chi connectivity index (χ0n) is 35.0. The van der Waals surface area contributed by atoms with Gasteiger partial charge < -0.3 is 14.2 Å². The van der Waals surface area contributed by atoms with Gasteiger partial charge >= 0.3 is 17.9 Å². The maximum absolute atomic E-state index is 12.6. The van der Waals surface area contributed by atoms with Gasteiger partial charge in [-0.25, -0.2) is 0 Å². The fraction of sp³-hybridized carbons (Fsp3) is 0.688. The van der Waals surface area contributed by atoms with Crippen LogP contribution in [0.3, 0.4) is 0 Å². The highest BCUT2D eigenvalue weighted by molar-refractivity contribution is 5.71. The highest BCUT2D eigenvalue weighted by Gasteiger charge is 2.19. The lowest BCUT2D eigenvalue weighted by Crippen LogP contribution is -2.30. The summed E-state index contributed by atoms with van der Waals surface area (Å²) in [5.41, 5.74) is 0. The molecule has 0 fully saturated rings. The maximum Gasteiger partial charge on any atom is 0.306 e. The molecule has 0 aromatic carbocycles. The highest BCUT2D eigenvalue weighted by Crippen LogP contribution is 2.13. The Morgan fingerprint density at radius 2 is 0.778 bits per heavy atom. The van der Waals surface area contributed by atoms with E-state index in [1.165, 1.54) is 51.4 Å². The Labute approximate surface area is 332 Å². The molecule has 0 aliphatic carbocycles. The Hall–Kier alpha value is -3.15. The van der Waals surface area contributed by atoms with Gasteiger partial charge in [0.15, 0.2) is 6.10 Å². The standard InChI is InChI=1S/C48H80O6/c1-4-7-10-13-16-19-21-22-23-24-25-26-27-30-32-35-38-41-47(50)53-44-45(43-52-46(49)40-37-34-31-28-18-15-12-9-6-3)54-48(51)42-39-36-33-29-20-17-14-11-8-5-2/h7,10-11,14,16,19,22-23,25-26,30,32,45H,4-6,8-9,12-13,15,17-18,20-21,24,27-29,31,33-44H2,1-3H3/b10-7-,14-11-,19-16-,23-22-,26-25-,32-30-. The molecule has 308 valence electrons. The van der Waals surface area contributed by atoms with Gasteiger partial charge in [0.25, 0.3) is 0 Å². The van der Waals surface area contributed by atoms with Crippen molar-refractivity contribution >= 4 is 17.9 Å². The van der Waals surface area contributed by atoms with Crippen molar-refractivity contribution in [3.63, 3.8) is 0 Å². The first-order chi connectivity index (χ1) is 26.5. The minimum atomic E-state index is -0.797. The quantitative estimate of drug-likeness (QED) is 0.0270. The molecular weight excluding hydrogens is 673 g/mol. The van der Waals surface area contributed by atoms with E-state index in [4.69, 9.17) is 14.2 Å². The molecule has 0 saturated heterocycles. The number of carbonyl (C=O) groups is 3. The Morgan fingerprint density at radius 3 is 1.30 bits per heavy atom. The molecule has 0 heterocycles. The van der Waals surface area contributed by atoms with Crippen LogP contribution >= 0.6 is 0 Å². The van der Waals surface area contributed by atoms with Gasteiger partial charge in [-0.2, -0.15) is 0 Å². The number of hydrogen-bond acceptors (Lipinski definition) is 6. The molecule has 0 aliphatic rings. The Balaban J connectivity index is 4.45. The van der Waals surface area contributed by atoms with Crippen LogP contribution in [0.15, 0.2) is 72.9 Å². The predicted molar refractivity (Wildman–Crippen MR) is 228 cm³/mol. The van der Waals surface area contributed by atoms with E-state index in [1.807, 2.05) is 0 Å². The van der Waals surface area contributed by atoms with Gasteiger partial charge in [-0.05, 0) is 77.0 Å². The van der Waals surface area contributed by atoms with Crippen LogP contribution < -0.4 is 0 Å². The molecule has 0 aliphatic heterocycles. The van der Waals surface area contributed by atoms with Crippen LogP contribution in [-0.2, 0) is 28.6 Å². The third-order valence-corrected chi connectivity index (χ3v) is 8.93. The number of carbonyl (C=O) groups excluding carboxylic acids is 3. The van der Waals surface area contributed by atoms with E-state index in [-0.39, 0.29) is 37.5 Å². The molecule has 54 heavy (non-hydrogen) atoms. The first-order valence-electron chi connectivity index (χ1n) is 21.9. The lowest BCUT2D eigenvalue weighted by Gasteiger charge is -2.18. The summed E-state index contributed by atoms with van der Waals surface area (Å²) in [6.45, 7) is 6.36. The summed E-state index contributed by atoms with van der Waals surface area (Å²) in [4.78, 5) is 37.6. The van der Waals surface area contributed by atoms with E-state index in [0.29, 0.717) is 19.3 Å².